The molecule has 0 spiro atoms. The molecule has 42 heavy (non-hydrogen) atoms. The number of hydrogen-bond acceptors (Lipinski definition) is 6. The van der Waals surface area contributed by atoms with Crippen molar-refractivity contribution in [1.29, 1.82) is 0 Å². The highest BCUT2D eigenvalue weighted by Gasteiger charge is 2.19. The third-order valence-corrected chi connectivity index (χ3v) is 7.26. The van der Waals surface area contributed by atoms with E-state index < -0.39 is 0 Å². The summed E-state index contributed by atoms with van der Waals surface area (Å²) < 4.78 is 13.0. The molecule has 1 aliphatic rings. The first kappa shape index (κ1) is 30.5. The van der Waals surface area contributed by atoms with E-state index in [0.717, 1.165) is 34.5 Å². The molecule has 0 saturated carbocycles. The normalized spacial score (nSPS) is 13.3. The number of ether oxygens (including phenoxy) is 2. The van der Waals surface area contributed by atoms with E-state index in [0.29, 0.717) is 30.2 Å². The number of amides is 2. The van der Waals surface area contributed by atoms with Crippen molar-refractivity contribution in [2.75, 3.05) is 45.9 Å². The van der Waals surface area contributed by atoms with E-state index in [2.05, 4.69) is 17.1 Å². The van der Waals surface area contributed by atoms with Crippen LogP contribution in [-0.2, 0) is 11.8 Å². The van der Waals surface area contributed by atoms with Crippen molar-refractivity contribution < 1.29 is 19.1 Å². The van der Waals surface area contributed by atoms with Gasteiger partial charge in [-0.2, -0.15) is 0 Å². The van der Waals surface area contributed by atoms with Crippen LogP contribution in [0.4, 0.5) is 5.69 Å². The second kappa shape index (κ2) is 13.4. The zero-order chi connectivity index (χ0) is 30.4. The minimum atomic E-state index is -0.315. The molecule has 9 nitrogen and oxygen atoms in total. The van der Waals surface area contributed by atoms with Gasteiger partial charge in [0.05, 0.1) is 12.6 Å². The number of benzene rings is 2. The average molecular weight is 572 g/mol. The molecule has 1 aliphatic heterocycles. The number of hydrogen-bond donors (Lipinski definition) is 1. The fourth-order valence-corrected chi connectivity index (χ4v) is 4.70. The standard InChI is InChI=1S/C33H41N5O4/c1-8-37-11-13-38(14-12-37)28-10-9-23(2)30(21-28)32(39)34-24(3)25-17-26(19-29(18-25)42-16-15-41-7)27-20-31(36(6)22-27)33(40)35(4)5/h9-14,17-22,24H,8,15-16H2,1-7H3,(H,34,39)/t24-/m1/s1. The van der Waals surface area contributed by atoms with Crippen LogP contribution in [0.1, 0.15) is 51.9 Å². The summed E-state index contributed by atoms with van der Waals surface area (Å²) in [7, 11) is 6.96. The molecule has 0 fully saturated rings. The van der Waals surface area contributed by atoms with Gasteiger partial charge in [-0.1, -0.05) is 6.07 Å². The van der Waals surface area contributed by atoms with E-state index in [4.69, 9.17) is 9.47 Å². The summed E-state index contributed by atoms with van der Waals surface area (Å²) >= 11 is 0. The third-order valence-electron chi connectivity index (χ3n) is 7.26. The Balaban J connectivity index is 1.60. The van der Waals surface area contributed by atoms with E-state index in [1.807, 2.05) is 104 Å². The van der Waals surface area contributed by atoms with Crippen LogP contribution < -0.4 is 15.0 Å². The van der Waals surface area contributed by atoms with Gasteiger partial charge in [0.1, 0.15) is 18.1 Å². The van der Waals surface area contributed by atoms with Crippen LogP contribution in [0.15, 0.2) is 73.5 Å². The minimum Gasteiger partial charge on any atom is -0.491 e. The van der Waals surface area contributed by atoms with Crippen molar-refractivity contribution in [3.05, 3.63) is 95.8 Å². The Morgan fingerprint density at radius 3 is 2.38 bits per heavy atom. The quantitative estimate of drug-likeness (QED) is 0.315. The number of nitrogens with zero attached hydrogens (tertiary/aromatic N) is 4. The summed E-state index contributed by atoms with van der Waals surface area (Å²) in [5.41, 5.74) is 5.65. The maximum atomic E-state index is 13.6. The number of rotatable bonds is 11. The highest BCUT2D eigenvalue weighted by molar-refractivity contribution is 5.97. The van der Waals surface area contributed by atoms with Crippen LogP contribution in [0.3, 0.4) is 0 Å². The summed E-state index contributed by atoms with van der Waals surface area (Å²) in [6, 6.07) is 13.4. The van der Waals surface area contributed by atoms with Crippen molar-refractivity contribution in [1.82, 2.24) is 19.7 Å². The van der Waals surface area contributed by atoms with Crippen LogP contribution in [0.25, 0.3) is 11.1 Å². The predicted octanol–water partition coefficient (Wildman–Crippen LogP) is 5.30. The smallest absolute Gasteiger partial charge is 0.269 e. The van der Waals surface area contributed by atoms with Crippen molar-refractivity contribution in [3.63, 3.8) is 0 Å². The SMILES string of the molecule is CCN1C=CN(c2ccc(C)c(C(=O)N[C@H](C)c3cc(OCCOC)cc(-c4cc(C(=O)N(C)C)n(C)c4)c3)c2)C=C1. The van der Waals surface area contributed by atoms with Gasteiger partial charge in [-0.15, -0.1) is 0 Å². The van der Waals surface area contributed by atoms with Crippen molar-refractivity contribution >= 4 is 17.5 Å². The van der Waals surface area contributed by atoms with Crippen LogP contribution in [0.5, 0.6) is 5.75 Å². The molecule has 0 radical (unpaired) electrons. The van der Waals surface area contributed by atoms with Crippen LogP contribution in [0, 0.1) is 6.92 Å². The Bertz CT molecular complexity index is 1480. The summed E-state index contributed by atoms with van der Waals surface area (Å²) in [5, 5.41) is 3.17. The van der Waals surface area contributed by atoms with Crippen molar-refractivity contribution in [3.8, 4) is 16.9 Å². The maximum absolute atomic E-state index is 13.6. The van der Waals surface area contributed by atoms with E-state index in [1.165, 1.54) is 0 Å². The fraction of sp³-hybridized carbons (Fsp3) is 0.333. The molecule has 4 rings (SSSR count). The Labute approximate surface area is 248 Å². The van der Waals surface area contributed by atoms with Crippen LogP contribution in [-0.4, -0.2) is 67.1 Å². The third kappa shape index (κ3) is 7.03. The number of anilines is 1. The number of carbonyl (C=O) groups is 2. The van der Waals surface area contributed by atoms with Crippen molar-refractivity contribution in [2.24, 2.45) is 7.05 Å². The van der Waals surface area contributed by atoms with Gasteiger partial charge in [0.25, 0.3) is 11.8 Å². The lowest BCUT2D eigenvalue weighted by atomic mass is 10.00. The Morgan fingerprint density at radius 2 is 1.71 bits per heavy atom. The lowest BCUT2D eigenvalue weighted by Crippen LogP contribution is -2.27. The molecule has 2 aromatic carbocycles. The van der Waals surface area contributed by atoms with Gasteiger partial charge in [0.15, 0.2) is 0 Å². The first-order chi connectivity index (χ1) is 20.1. The number of methoxy groups -OCH3 is 1. The van der Waals surface area contributed by atoms with Gasteiger partial charge in [-0.05, 0) is 73.9 Å². The highest BCUT2D eigenvalue weighted by atomic mass is 16.5. The van der Waals surface area contributed by atoms with E-state index in [1.54, 1.807) is 26.1 Å². The van der Waals surface area contributed by atoms with E-state index >= 15 is 0 Å². The summed E-state index contributed by atoms with van der Waals surface area (Å²) in [6.45, 7) is 7.71. The van der Waals surface area contributed by atoms with Gasteiger partial charge < -0.3 is 34.1 Å². The van der Waals surface area contributed by atoms with E-state index in [-0.39, 0.29) is 17.9 Å². The molecule has 1 atom stereocenters. The average Bonchev–Trinajstić information content (AvgIpc) is 3.38. The van der Waals surface area contributed by atoms with Crippen molar-refractivity contribution in [2.45, 2.75) is 26.8 Å². The molecule has 1 aromatic heterocycles. The Morgan fingerprint density at radius 1 is 0.976 bits per heavy atom. The molecule has 222 valence electrons. The molecule has 1 N–H and O–H groups in total. The first-order valence-corrected chi connectivity index (χ1v) is 14.1. The molecule has 0 aliphatic carbocycles. The molecule has 0 saturated heterocycles. The maximum Gasteiger partial charge on any atom is 0.269 e. The predicted molar refractivity (Wildman–Crippen MR) is 166 cm³/mol. The molecular weight excluding hydrogens is 530 g/mol. The van der Waals surface area contributed by atoms with Gasteiger partial charge in [0, 0.05) is 82.6 Å². The number of nitrogens with one attached hydrogen (secondary N) is 1. The van der Waals surface area contributed by atoms with Gasteiger partial charge in [-0.25, -0.2) is 0 Å². The minimum absolute atomic E-state index is 0.0760. The highest BCUT2D eigenvalue weighted by Crippen LogP contribution is 2.31. The van der Waals surface area contributed by atoms with Crippen LogP contribution >= 0.6 is 0 Å². The van der Waals surface area contributed by atoms with Gasteiger partial charge in [-0.3, -0.25) is 9.59 Å². The topological polar surface area (TPSA) is 79.3 Å². The number of carbonyl (C=O) groups excluding carboxylic acids is 2. The van der Waals surface area contributed by atoms with Gasteiger partial charge >= 0.3 is 0 Å². The monoisotopic (exact) mass is 571 g/mol. The second-order valence-electron chi connectivity index (χ2n) is 10.6. The summed E-state index contributed by atoms with van der Waals surface area (Å²) in [4.78, 5) is 31.9. The lowest BCUT2D eigenvalue weighted by molar-refractivity contribution is 0.0818. The molecule has 2 heterocycles. The second-order valence-corrected chi connectivity index (χ2v) is 10.6. The summed E-state index contributed by atoms with van der Waals surface area (Å²) in [5.74, 6) is 0.425. The Hall–Kier alpha value is -4.50. The molecule has 9 heteroatoms. The number of aromatic nitrogens is 1. The lowest BCUT2D eigenvalue weighted by Gasteiger charge is -2.25. The van der Waals surface area contributed by atoms with Gasteiger partial charge in [0.2, 0.25) is 0 Å². The molecule has 0 unspecified atom stereocenters. The summed E-state index contributed by atoms with van der Waals surface area (Å²) in [6.07, 6.45) is 9.91. The molecule has 0 bridgehead atoms. The zero-order valence-corrected chi connectivity index (χ0v) is 25.5. The fourth-order valence-electron chi connectivity index (χ4n) is 4.70. The Kier molecular flexibility index (Phi) is 9.75. The molecule has 2 amide bonds. The molecular formula is C33H41N5O4. The van der Waals surface area contributed by atoms with Crippen LogP contribution in [0.2, 0.25) is 0 Å². The first-order valence-electron chi connectivity index (χ1n) is 14.1. The molecule has 3 aromatic rings. The largest absolute Gasteiger partial charge is 0.491 e. The van der Waals surface area contributed by atoms with E-state index in [9.17, 15) is 9.59 Å². The number of aryl methyl sites for hydroxylation is 2. The zero-order valence-electron chi connectivity index (χ0n) is 25.5.